The predicted octanol–water partition coefficient (Wildman–Crippen LogP) is 3.13. The lowest BCUT2D eigenvalue weighted by atomic mass is 10.0. The molecule has 2 N–H and O–H groups in total. The van der Waals surface area contributed by atoms with Crippen molar-refractivity contribution < 1.29 is 19.3 Å². The summed E-state index contributed by atoms with van der Waals surface area (Å²) in [5.41, 5.74) is 2.70. The van der Waals surface area contributed by atoms with Gasteiger partial charge < -0.3 is 24.6 Å². The van der Waals surface area contributed by atoms with Gasteiger partial charge in [-0.3, -0.25) is 0 Å². The molecule has 0 radical (unpaired) electrons. The highest BCUT2D eigenvalue weighted by Crippen LogP contribution is 2.41. The average molecular weight is 289 g/mol. The molecule has 2 aromatic carbocycles. The van der Waals surface area contributed by atoms with Crippen LogP contribution in [0.3, 0.4) is 0 Å². The Morgan fingerprint density at radius 3 is 1.81 bits per heavy atom. The van der Waals surface area contributed by atoms with Crippen molar-refractivity contribution in [1.82, 2.24) is 0 Å². The second-order valence-corrected chi connectivity index (χ2v) is 4.39. The Hall–Kier alpha value is -2.56. The summed E-state index contributed by atoms with van der Waals surface area (Å²) in [5, 5.41) is 13.0. The third kappa shape index (κ3) is 2.81. The molecule has 0 saturated heterocycles. The molecule has 5 nitrogen and oxygen atoms in total. The zero-order valence-corrected chi connectivity index (χ0v) is 12.6. The van der Waals surface area contributed by atoms with Gasteiger partial charge in [0.1, 0.15) is 5.75 Å². The van der Waals surface area contributed by atoms with Crippen LogP contribution >= 0.6 is 0 Å². The zero-order chi connectivity index (χ0) is 15.4. The molecular weight excluding hydrogens is 270 g/mol. The smallest absolute Gasteiger partial charge is 0.200 e. The second-order valence-electron chi connectivity index (χ2n) is 4.39. The van der Waals surface area contributed by atoms with Crippen molar-refractivity contribution in [2.24, 2.45) is 0 Å². The lowest BCUT2D eigenvalue weighted by Gasteiger charge is -2.13. The van der Waals surface area contributed by atoms with E-state index in [0.717, 1.165) is 22.6 Å². The van der Waals surface area contributed by atoms with Gasteiger partial charge in [-0.1, -0.05) is 6.07 Å². The van der Waals surface area contributed by atoms with Crippen molar-refractivity contribution >= 4 is 5.69 Å². The number of methoxy groups -OCH3 is 3. The molecule has 21 heavy (non-hydrogen) atoms. The van der Waals surface area contributed by atoms with Gasteiger partial charge in [0.05, 0.1) is 27.0 Å². The monoisotopic (exact) mass is 289 g/mol. The van der Waals surface area contributed by atoms with E-state index in [1.807, 2.05) is 25.2 Å². The van der Waals surface area contributed by atoms with Gasteiger partial charge in [-0.2, -0.15) is 0 Å². The van der Waals surface area contributed by atoms with Gasteiger partial charge in [-0.15, -0.1) is 0 Å². The molecule has 0 atom stereocenters. The molecule has 0 aliphatic heterocycles. The summed E-state index contributed by atoms with van der Waals surface area (Å²) in [6.07, 6.45) is 0. The summed E-state index contributed by atoms with van der Waals surface area (Å²) in [6.45, 7) is 0. The minimum atomic E-state index is -0.0115. The van der Waals surface area contributed by atoms with Crippen molar-refractivity contribution in [2.75, 3.05) is 33.7 Å². The second kappa shape index (κ2) is 6.26. The number of benzene rings is 2. The maximum absolute atomic E-state index is 9.96. The first kappa shape index (κ1) is 14.8. The topological polar surface area (TPSA) is 60.0 Å². The van der Waals surface area contributed by atoms with Crippen LogP contribution in [0.4, 0.5) is 5.69 Å². The van der Waals surface area contributed by atoms with Crippen LogP contribution in [0.5, 0.6) is 23.0 Å². The highest BCUT2D eigenvalue weighted by Gasteiger charge is 2.13. The molecule has 0 saturated carbocycles. The Kier molecular flexibility index (Phi) is 4.42. The largest absolute Gasteiger partial charge is 0.502 e. The van der Waals surface area contributed by atoms with E-state index in [0.29, 0.717) is 11.5 Å². The normalized spacial score (nSPS) is 10.1. The van der Waals surface area contributed by atoms with E-state index >= 15 is 0 Å². The Labute approximate surface area is 124 Å². The van der Waals surface area contributed by atoms with Crippen LogP contribution in [0.15, 0.2) is 30.3 Å². The molecule has 5 heteroatoms. The average Bonchev–Trinajstić information content (AvgIpc) is 2.54. The fraction of sp³-hybridized carbons (Fsp3) is 0.250. The number of hydrogen-bond donors (Lipinski definition) is 2. The molecule has 0 fully saturated rings. The van der Waals surface area contributed by atoms with E-state index in [1.54, 1.807) is 19.2 Å². The van der Waals surface area contributed by atoms with E-state index in [2.05, 4.69) is 5.32 Å². The number of phenolic OH excluding ortho intramolecular Hbond substituents is 1. The van der Waals surface area contributed by atoms with Crippen molar-refractivity contribution in [3.8, 4) is 34.1 Å². The number of phenols is 1. The molecule has 0 aliphatic carbocycles. The first-order chi connectivity index (χ1) is 10.1. The zero-order valence-electron chi connectivity index (χ0n) is 12.6. The van der Waals surface area contributed by atoms with Crippen molar-refractivity contribution in [3.05, 3.63) is 30.3 Å². The Morgan fingerprint density at radius 1 is 0.810 bits per heavy atom. The standard InChI is InChI=1S/C16H19NO4/c1-17-12-6-5-10(7-13(12)19-2)11-8-14(20-3)16(18)15(9-11)21-4/h5-9,17-18H,1-4H3. The van der Waals surface area contributed by atoms with Crippen LogP contribution in [-0.2, 0) is 0 Å². The number of ether oxygens (including phenoxy) is 3. The van der Waals surface area contributed by atoms with E-state index < -0.39 is 0 Å². The molecule has 0 heterocycles. The van der Waals surface area contributed by atoms with Crippen LogP contribution in [0.1, 0.15) is 0 Å². The SMILES string of the molecule is CNc1ccc(-c2cc(OC)c(O)c(OC)c2)cc1OC. The van der Waals surface area contributed by atoms with Gasteiger partial charge in [0, 0.05) is 7.05 Å². The molecule has 0 bridgehead atoms. The molecule has 0 aromatic heterocycles. The number of hydrogen-bond acceptors (Lipinski definition) is 5. The van der Waals surface area contributed by atoms with Crippen molar-refractivity contribution in [3.63, 3.8) is 0 Å². The van der Waals surface area contributed by atoms with Gasteiger partial charge in [0.25, 0.3) is 0 Å². The van der Waals surface area contributed by atoms with Crippen LogP contribution in [0.25, 0.3) is 11.1 Å². The number of nitrogens with one attached hydrogen (secondary N) is 1. The van der Waals surface area contributed by atoms with E-state index in [-0.39, 0.29) is 5.75 Å². The minimum absolute atomic E-state index is 0.0115. The van der Waals surface area contributed by atoms with E-state index in [1.165, 1.54) is 14.2 Å². The maximum Gasteiger partial charge on any atom is 0.200 e. The van der Waals surface area contributed by atoms with Crippen LogP contribution in [0.2, 0.25) is 0 Å². The van der Waals surface area contributed by atoms with Crippen LogP contribution in [0, 0.1) is 0 Å². The fourth-order valence-electron chi connectivity index (χ4n) is 2.14. The lowest BCUT2D eigenvalue weighted by molar-refractivity contribution is 0.340. The highest BCUT2D eigenvalue weighted by atomic mass is 16.5. The minimum Gasteiger partial charge on any atom is -0.502 e. The van der Waals surface area contributed by atoms with Crippen molar-refractivity contribution in [2.45, 2.75) is 0 Å². The van der Waals surface area contributed by atoms with Crippen LogP contribution < -0.4 is 19.5 Å². The molecule has 112 valence electrons. The summed E-state index contributed by atoms with van der Waals surface area (Å²) in [7, 11) is 6.47. The third-order valence-electron chi connectivity index (χ3n) is 3.28. The molecule has 0 aliphatic rings. The maximum atomic E-state index is 9.96. The van der Waals surface area contributed by atoms with Crippen molar-refractivity contribution in [1.29, 1.82) is 0 Å². The summed E-state index contributed by atoms with van der Waals surface area (Å²) in [6, 6.07) is 9.31. The van der Waals surface area contributed by atoms with E-state index in [4.69, 9.17) is 14.2 Å². The Bertz CT molecular complexity index is 615. The van der Waals surface area contributed by atoms with Gasteiger partial charge in [-0.25, -0.2) is 0 Å². The summed E-state index contributed by atoms with van der Waals surface area (Å²) in [4.78, 5) is 0. The molecule has 2 aromatic rings. The number of rotatable bonds is 5. The molecule has 0 unspecified atom stereocenters. The molecule has 0 spiro atoms. The highest BCUT2D eigenvalue weighted by molar-refractivity contribution is 5.74. The molecule has 0 amide bonds. The summed E-state index contributed by atoms with van der Waals surface area (Å²) >= 11 is 0. The third-order valence-corrected chi connectivity index (χ3v) is 3.28. The summed E-state index contributed by atoms with van der Waals surface area (Å²) < 4.78 is 15.7. The van der Waals surface area contributed by atoms with Gasteiger partial charge in [0.2, 0.25) is 5.75 Å². The van der Waals surface area contributed by atoms with E-state index in [9.17, 15) is 5.11 Å². The molecular formula is C16H19NO4. The number of anilines is 1. The van der Waals surface area contributed by atoms with Gasteiger partial charge >= 0.3 is 0 Å². The number of aromatic hydroxyl groups is 1. The first-order valence-corrected chi connectivity index (χ1v) is 6.45. The van der Waals surface area contributed by atoms with Crippen LogP contribution in [-0.4, -0.2) is 33.5 Å². The fourth-order valence-corrected chi connectivity index (χ4v) is 2.14. The lowest BCUT2D eigenvalue weighted by Crippen LogP contribution is -1.94. The quantitative estimate of drug-likeness (QED) is 0.885. The first-order valence-electron chi connectivity index (χ1n) is 6.45. The Morgan fingerprint density at radius 2 is 1.33 bits per heavy atom. The molecule has 2 rings (SSSR count). The summed E-state index contributed by atoms with van der Waals surface area (Å²) in [5.74, 6) is 1.45. The predicted molar refractivity (Wildman–Crippen MR) is 82.7 cm³/mol. The van der Waals surface area contributed by atoms with Gasteiger partial charge in [-0.05, 0) is 35.4 Å². The Balaban J connectivity index is 2.56. The van der Waals surface area contributed by atoms with Gasteiger partial charge in [0.15, 0.2) is 11.5 Å².